The molecule has 3 heteroatoms. The Labute approximate surface area is 320 Å². The van der Waals surface area contributed by atoms with E-state index in [0.29, 0.717) is 0 Å². The van der Waals surface area contributed by atoms with Crippen LogP contribution in [0.4, 0.5) is 34.1 Å². The summed E-state index contributed by atoms with van der Waals surface area (Å²) in [5.74, 6) is 0. The predicted molar refractivity (Wildman–Crippen MR) is 231 cm³/mol. The van der Waals surface area contributed by atoms with Crippen molar-refractivity contribution < 1.29 is 4.42 Å². The summed E-state index contributed by atoms with van der Waals surface area (Å²) in [6, 6.07) is 77.4. The molecular weight excluding hydrogens is 669 g/mol. The maximum Gasteiger partial charge on any atom is 0.161 e. The third kappa shape index (κ3) is 5.89. The van der Waals surface area contributed by atoms with E-state index in [1.807, 2.05) is 0 Å². The minimum absolute atomic E-state index is 0.817. The van der Waals surface area contributed by atoms with Gasteiger partial charge in [-0.2, -0.15) is 0 Å². The summed E-state index contributed by atoms with van der Waals surface area (Å²) in [6.07, 6.45) is 0. The lowest BCUT2D eigenvalue weighted by Crippen LogP contribution is -2.17. The van der Waals surface area contributed by atoms with Crippen LogP contribution >= 0.6 is 0 Å². The van der Waals surface area contributed by atoms with Gasteiger partial charge in [-0.25, -0.2) is 0 Å². The molecule has 0 spiro atoms. The molecule has 0 bridgehead atoms. The van der Waals surface area contributed by atoms with Crippen molar-refractivity contribution in [1.82, 2.24) is 0 Å². The van der Waals surface area contributed by atoms with Crippen LogP contribution in [-0.4, -0.2) is 0 Å². The average molecular weight is 705 g/mol. The summed E-state index contributed by atoms with van der Waals surface area (Å²) < 4.78 is 7.12. The summed E-state index contributed by atoms with van der Waals surface area (Å²) in [6.45, 7) is 0. The van der Waals surface area contributed by atoms with Crippen LogP contribution < -0.4 is 9.80 Å². The van der Waals surface area contributed by atoms with E-state index in [-0.39, 0.29) is 0 Å². The van der Waals surface area contributed by atoms with Gasteiger partial charge in [0.25, 0.3) is 0 Å². The van der Waals surface area contributed by atoms with Crippen molar-refractivity contribution in [3.8, 4) is 22.3 Å². The van der Waals surface area contributed by atoms with E-state index in [4.69, 9.17) is 4.42 Å². The first-order valence-electron chi connectivity index (χ1n) is 18.7. The van der Waals surface area contributed by atoms with E-state index < -0.39 is 0 Å². The van der Waals surface area contributed by atoms with Crippen molar-refractivity contribution in [2.75, 3.05) is 9.80 Å². The molecule has 55 heavy (non-hydrogen) atoms. The van der Waals surface area contributed by atoms with Gasteiger partial charge in [-0.3, -0.25) is 0 Å². The monoisotopic (exact) mass is 704 g/mol. The quantitative estimate of drug-likeness (QED) is 0.157. The highest BCUT2D eigenvalue weighted by Gasteiger charge is 2.28. The molecule has 0 N–H and O–H groups in total. The molecule has 260 valence electrons. The number of hydrogen-bond donors (Lipinski definition) is 0. The minimum Gasteiger partial charge on any atom is -0.454 e. The van der Waals surface area contributed by atoms with Crippen molar-refractivity contribution in [2.45, 2.75) is 0 Å². The van der Waals surface area contributed by atoms with Crippen molar-refractivity contribution in [2.24, 2.45) is 0 Å². The number of para-hydroxylation sites is 3. The Morgan fingerprint density at radius 2 is 0.836 bits per heavy atom. The molecule has 0 amide bonds. The van der Waals surface area contributed by atoms with Gasteiger partial charge in [0.15, 0.2) is 5.58 Å². The van der Waals surface area contributed by atoms with Crippen LogP contribution in [0.15, 0.2) is 223 Å². The highest BCUT2D eigenvalue weighted by atomic mass is 16.3. The second kappa shape index (κ2) is 13.9. The third-order valence-corrected chi connectivity index (χ3v) is 10.4. The Morgan fingerprint density at radius 3 is 1.51 bits per heavy atom. The van der Waals surface area contributed by atoms with Gasteiger partial charge in [-0.05, 0) is 94.2 Å². The normalized spacial score (nSPS) is 11.3. The average Bonchev–Trinajstić information content (AvgIpc) is 3.63. The first-order valence-corrected chi connectivity index (χ1v) is 18.7. The molecule has 3 nitrogen and oxygen atoms in total. The molecule has 0 aliphatic carbocycles. The van der Waals surface area contributed by atoms with E-state index in [9.17, 15) is 0 Å². The number of nitrogens with zero attached hydrogens (tertiary/aromatic N) is 2. The largest absolute Gasteiger partial charge is 0.454 e. The van der Waals surface area contributed by atoms with Crippen molar-refractivity contribution in [1.29, 1.82) is 0 Å². The summed E-state index contributed by atoms with van der Waals surface area (Å²) >= 11 is 0. The van der Waals surface area contributed by atoms with Gasteiger partial charge in [0.1, 0.15) is 11.3 Å². The predicted octanol–water partition coefficient (Wildman–Crippen LogP) is 15.0. The molecule has 0 aliphatic rings. The number of anilines is 6. The lowest BCUT2D eigenvalue weighted by atomic mass is 10.0. The zero-order valence-corrected chi connectivity index (χ0v) is 30.1. The Hall–Kier alpha value is -7.36. The minimum atomic E-state index is 0.817. The Morgan fingerprint density at radius 1 is 0.327 bits per heavy atom. The maximum atomic E-state index is 7.12. The van der Waals surface area contributed by atoms with Crippen molar-refractivity contribution in [3.05, 3.63) is 218 Å². The zero-order chi connectivity index (χ0) is 36.6. The van der Waals surface area contributed by atoms with Crippen LogP contribution in [-0.2, 0) is 0 Å². The highest BCUT2D eigenvalue weighted by Crippen LogP contribution is 2.52. The van der Waals surface area contributed by atoms with Crippen molar-refractivity contribution in [3.63, 3.8) is 0 Å². The standard InChI is InChI=1S/C52H36N2O/c1-5-17-37(18-6-1)38-29-31-44(32-30-38)53(42-23-9-3-10-24-42)51-49(34-33-46-47-35-40-21-13-14-22-41(40)36-50(47)55-52(46)51)54(43-25-11-4-12-26-43)48-28-16-15-27-45(48)39-19-7-2-8-20-39/h1-36H. The molecule has 0 radical (unpaired) electrons. The number of furan rings is 1. The smallest absolute Gasteiger partial charge is 0.161 e. The van der Waals surface area contributed by atoms with E-state index in [1.165, 1.54) is 10.9 Å². The zero-order valence-electron chi connectivity index (χ0n) is 30.1. The molecule has 0 atom stereocenters. The topological polar surface area (TPSA) is 19.6 Å². The molecule has 10 rings (SSSR count). The second-order valence-electron chi connectivity index (χ2n) is 13.7. The highest BCUT2D eigenvalue weighted by molar-refractivity contribution is 6.16. The fourth-order valence-electron chi connectivity index (χ4n) is 7.83. The van der Waals surface area contributed by atoms with E-state index in [1.54, 1.807) is 0 Å². The van der Waals surface area contributed by atoms with Gasteiger partial charge >= 0.3 is 0 Å². The molecule has 1 heterocycles. The van der Waals surface area contributed by atoms with E-state index >= 15 is 0 Å². The molecule has 0 saturated carbocycles. The molecule has 0 aliphatic heterocycles. The SMILES string of the molecule is c1ccc(-c2ccc(N(c3ccccc3)c3c(N(c4ccccc4)c4ccccc4-c4ccccc4)ccc4c3oc3cc5ccccc5cc34)cc2)cc1. The fraction of sp³-hybridized carbons (Fsp3) is 0. The fourth-order valence-corrected chi connectivity index (χ4v) is 7.83. The molecular formula is C52H36N2O. The Kier molecular flexibility index (Phi) is 8.16. The molecule has 10 aromatic rings. The summed E-state index contributed by atoms with van der Waals surface area (Å²) in [5, 5.41) is 4.48. The first kappa shape index (κ1) is 32.3. The second-order valence-corrected chi connectivity index (χ2v) is 13.7. The van der Waals surface area contributed by atoms with Crippen molar-refractivity contribution >= 4 is 66.8 Å². The summed E-state index contributed by atoms with van der Waals surface area (Å²) in [5.41, 5.74) is 12.4. The van der Waals surface area contributed by atoms with E-state index in [2.05, 4.69) is 228 Å². The van der Waals surface area contributed by atoms with E-state index in [0.717, 1.165) is 78.1 Å². The van der Waals surface area contributed by atoms with Gasteiger partial charge in [-0.15, -0.1) is 0 Å². The van der Waals surface area contributed by atoms with Gasteiger partial charge in [-0.1, -0.05) is 152 Å². The van der Waals surface area contributed by atoms with Crippen LogP contribution in [0.5, 0.6) is 0 Å². The van der Waals surface area contributed by atoms with Crippen LogP contribution in [0.3, 0.4) is 0 Å². The van der Waals surface area contributed by atoms with Crippen LogP contribution in [0.2, 0.25) is 0 Å². The molecule has 0 fully saturated rings. The van der Waals surface area contributed by atoms with Crippen LogP contribution in [0, 0.1) is 0 Å². The maximum absolute atomic E-state index is 7.12. The molecule has 1 aromatic heterocycles. The third-order valence-electron chi connectivity index (χ3n) is 10.4. The van der Waals surface area contributed by atoms with Gasteiger partial charge < -0.3 is 14.2 Å². The van der Waals surface area contributed by atoms with Crippen LogP contribution in [0.25, 0.3) is 55.0 Å². The number of rotatable bonds is 8. The van der Waals surface area contributed by atoms with Gasteiger partial charge in [0.05, 0.1) is 11.4 Å². The lowest BCUT2D eigenvalue weighted by Gasteiger charge is -2.34. The van der Waals surface area contributed by atoms with Crippen LogP contribution in [0.1, 0.15) is 0 Å². The number of hydrogen-bond acceptors (Lipinski definition) is 3. The molecule has 0 saturated heterocycles. The first-order chi connectivity index (χ1) is 27.3. The Balaban J connectivity index is 1.30. The Bertz CT molecular complexity index is 2900. The molecule has 9 aromatic carbocycles. The summed E-state index contributed by atoms with van der Waals surface area (Å²) in [4.78, 5) is 4.74. The van der Waals surface area contributed by atoms with Gasteiger partial charge in [0, 0.05) is 33.4 Å². The van der Waals surface area contributed by atoms with Gasteiger partial charge in [0.2, 0.25) is 0 Å². The number of benzene rings is 9. The molecule has 0 unspecified atom stereocenters. The lowest BCUT2D eigenvalue weighted by molar-refractivity contribution is 0.669. The number of fused-ring (bicyclic) bond motifs is 4. The summed E-state index contributed by atoms with van der Waals surface area (Å²) in [7, 11) is 0.